The molecule has 2 fully saturated rings. The Morgan fingerprint density at radius 1 is 1.03 bits per heavy atom. The van der Waals surface area contributed by atoms with Gasteiger partial charge in [0.2, 0.25) is 11.8 Å². The lowest BCUT2D eigenvalue weighted by Gasteiger charge is -2.37. The minimum atomic E-state index is -0.225. The van der Waals surface area contributed by atoms with Crippen molar-refractivity contribution < 1.29 is 9.59 Å². The minimum absolute atomic E-state index is 0.0236. The van der Waals surface area contributed by atoms with Crippen LogP contribution >= 0.6 is 11.6 Å². The molecule has 1 N–H and O–H groups in total. The number of nitrogens with one attached hydrogen (secondary N) is 1. The molecule has 2 amide bonds. The van der Waals surface area contributed by atoms with Crippen LogP contribution in [0, 0.1) is 6.92 Å². The molecule has 0 saturated carbocycles. The van der Waals surface area contributed by atoms with Crippen LogP contribution in [0.1, 0.15) is 38.2 Å². The number of amides is 2. The largest absolute Gasteiger partial charge is 0.342 e. The second kappa shape index (κ2) is 10.4. The van der Waals surface area contributed by atoms with Crippen LogP contribution < -0.4 is 5.32 Å². The summed E-state index contributed by atoms with van der Waals surface area (Å²) < 4.78 is 0. The SMILES string of the molecule is Cc1ccc(Cl)cc1NC(=O)C(C)N1CCN(CC(=O)N2CCCCCC2)CC1. The van der Waals surface area contributed by atoms with Gasteiger partial charge in [-0.3, -0.25) is 19.4 Å². The van der Waals surface area contributed by atoms with Gasteiger partial charge in [0, 0.05) is 50.0 Å². The molecule has 0 aromatic heterocycles. The van der Waals surface area contributed by atoms with Gasteiger partial charge in [-0.05, 0) is 44.4 Å². The van der Waals surface area contributed by atoms with Crippen molar-refractivity contribution in [1.29, 1.82) is 0 Å². The Bertz CT molecular complexity index is 711. The zero-order chi connectivity index (χ0) is 20.8. The predicted octanol–water partition coefficient (Wildman–Crippen LogP) is 3.00. The van der Waals surface area contributed by atoms with Gasteiger partial charge in [-0.1, -0.05) is 30.5 Å². The van der Waals surface area contributed by atoms with Gasteiger partial charge in [0.05, 0.1) is 12.6 Å². The molecule has 1 atom stereocenters. The maximum absolute atomic E-state index is 12.7. The number of likely N-dealkylation sites (tertiary alicyclic amines) is 1. The summed E-state index contributed by atoms with van der Waals surface area (Å²) >= 11 is 6.05. The van der Waals surface area contributed by atoms with Crippen LogP contribution in [-0.4, -0.2) is 78.4 Å². The van der Waals surface area contributed by atoms with Crippen LogP contribution in [0.5, 0.6) is 0 Å². The predicted molar refractivity (Wildman–Crippen MR) is 117 cm³/mol. The molecule has 2 aliphatic rings. The Labute approximate surface area is 179 Å². The van der Waals surface area contributed by atoms with E-state index in [1.165, 1.54) is 12.8 Å². The number of rotatable bonds is 5. The van der Waals surface area contributed by atoms with Crippen molar-refractivity contribution in [3.05, 3.63) is 28.8 Å². The van der Waals surface area contributed by atoms with E-state index in [9.17, 15) is 9.59 Å². The van der Waals surface area contributed by atoms with Crippen LogP contribution in [0.2, 0.25) is 5.02 Å². The highest BCUT2D eigenvalue weighted by Gasteiger charge is 2.27. The molecule has 2 saturated heterocycles. The molecule has 1 aromatic rings. The van der Waals surface area contributed by atoms with E-state index in [1.807, 2.05) is 30.9 Å². The molecule has 7 heteroatoms. The summed E-state index contributed by atoms with van der Waals surface area (Å²) in [7, 11) is 0. The third-order valence-electron chi connectivity index (χ3n) is 6.11. The van der Waals surface area contributed by atoms with Crippen LogP contribution in [0.3, 0.4) is 0 Å². The number of nitrogens with zero attached hydrogens (tertiary/aromatic N) is 3. The monoisotopic (exact) mass is 420 g/mol. The van der Waals surface area contributed by atoms with Gasteiger partial charge >= 0.3 is 0 Å². The van der Waals surface area contributed by atoms with Crippen LogP contribution in [0.4, 0.5) is 5.69 Å². The molecule has 1 aromatic carbocycles. The third kappa shape index (κ3) is 6.17. The first-order chi connectivity index (χ1) is 13.9. The van der Waals surface area contributed by atoms with E-state index in [1.54, 1.807) is 6.07 Å². The van der Waals surface area contributed by atoms with Crippen molar-refractivity contribution in [2.24, 2.45) is 0 Å². The molecule has 0 bridgehead atoms. The van der Waals surface area contributed by atoms with Gasteiger partial charge in [0.25, 0.3) is 0 Å². The highest BCUT2D eigenvalue weighted by molar-refractivity contribution is 6.31. The van der Waals surface area contributed by atoms with E-state index >= 15 is 0 Å². The lowest BCUT2D eigenvalue weighted by Crippen LogP contribution is -2.54. The first-order valence-electron chi connectivity index (χ1n) is 10.8. The number of hydrogen-bond acceptors (Lipinski definition) is 4. The number of anilines is 1. The molecule has 2 aliphatic heterocycles. The quantitative estimate of drug-likeness (QED) is 0.795. The first-order valence-corrected chi connectivity index (χ1v) is 11.1. The normalized spacial score (nSPS) is 20.2. The number of benzene rings is 1. The zero-order valence-corrected chi connectivity index (χ0v) is 18.4. The van der Waals surface area contributed by atoms with Crippen LogP contribution in [-0.2, 0) is 9.59 Å². The minimum Gasteiger partial charge on any atom is -0.342 e. The first kappa shape index (κ1) is 22.1. The average molecular weight is 421 g/mol. The van der Waals surface area contributed by atoms with Gasteiger partial charge in [-0.15, -0.1) is 0 Å². The molecule has 29 heavy (non-hydrogen) atoms. The molecular weight excluding hydrogens is 388 g/mol. The number of carbonyl (C=O) groups is 2. The smallest absolute Gasteiger partial charge is 0.241 e. The van der Waals surface area contributed by atoms with Gasteiger partial charge < -0.3 is 10.2 Å². The summed E-state index contributed by atoms with van der Waals surface area (Å²) in [5.74, 6) is 0.229. The average Bonchev–Trinajstić information content (AvgIpc) is 3.00. The molecule has 2 heterocycles. The summed E-state index contributed by atoms with van der Waals surface area (Å²) in [6, 6.07) is 5.29. The molecule has 3 rings (SSSR count). The Kier molecular flexibility index (Phi) is 7.92. The van der Waals surface area contributed by atoms with E-state index in [0.29, 0.717) is 11.6 Å². The van der Waals surface area contributed by atoms with Crippen molar-refractivity contribution in [1.82, 2.24) is 14.7 Å². The molecule has 1 unspecified atom stereocenters. The van der Waals surface area contributed by atoms with E-state index in [-0.39, 0.29) is 17.9 Å². The molecule has 0 aliphatic carbocycles. The number of piperazine rings is 1. The number of hydrogen-bond donors (Lipinski definition) is 1. The molecule has 0 spiro atoms. The van der Waals surface area contributed by atoms with Crippen molar-refractivity contribution in [2.75, 3.05) is 51.1 Å². The van der Waals surface area contributed by atoms with Gasteiger partial charge in [-0.2, -0.15) is 0 Å². The second-order valence-corrected chi connectivity index (χ2v) is 8.67. The van der Waals surface area contributed by atoms with E-state index in [4.69, 9.17) is 11.6 Å². The maximum atomic E-state index is 12.7. The number of aryl methyl sites for hydroxylation is 1. The lowest BCUT2D eigenvalue weighted by molar-refractivity contribution is -0.133. The van der Waals surface area contributed by atoms with Crippen molar-refractivity contribution in [2.45, 2.75) is 45.6 Å². The summed E-state index contributed by atoms with van der Waals surface area (Å²) in [6.07, 6.45) is 4.71. The van der Waals surface area contributed by atoms with Gasteiger partial charge in [0.1, 0.15) is 0 Å². The standard InChI is InChI=1S/C22H33ClN4O2/c1-17-7-8-19(23)15-20(17)24-22(29)18(2)26-13-11-25(12-14-26)16-21(28)27-9-5-3-4-6-10-27/h7-8,15,18H,3-6,9-14,16H2,1-2H3,(H,24,29). The Morgan fingerprint density at radius 3 is 2.34 bits per heavy atom. The Hall–Kier alpha value is -1.63. The lowest BCUT2D eigenvalue weighted by atomic mass is 10.1. The van der Waals surface area contributed by atoms with Gasteiger partial charge in [0.15, 0.2) is 0 Å². The number of carbonyl (C=O) groups excluding carboxylic acids is 2. The van der Waals surface area contributed by atoms with Crippen molar-refractivity contribution in [3.63, 3.8) is 0 Å². The summed E-state index contributed by atoms with van der Waals surface area (Å²) in [6.45, 7) is 9.39. The van der Waals surface area contributed by atoms with Crippen LogP contribution in [0.15, 0.2) is 18.2 Å². The molecule has 0 radical (unpaired) electrons. The molecule has 6 nitrogen and oxygen atoms in total. The summed E-state index contributed by atoms with van der Waals surface area (Å²) in [4.78, 5) is 31.7. The number of halogens is 1. The van der Waals surface area contributed by atoms with E-state index in [2.05, 4.69) is 15.1 Å². The van der Waals surface area contributed by atoms with Gasteiger partial charge in [-0.25, -0.2) is 0 Å². The maximum Gasteiger partial charge on any atom is 0.241 e. The summed E-state index contributed by atoms with van der Waals surface area (Å²) in [5.41, 5.74) is 1.75. The van der Waals surface area contributed by atoms with E-state index < -0.39 is 0 Å². The molecule has 160 valence electrons. The zero-order valence-electron chi connectivity index (χ0n) is 17.6. The summed E-state index contributed by atoms with van der Waals surface area (Å²) in [5, 5.41) is 3.61. The fourth-order valence-electron chi connectivity index (χ4n) is 4.05. The fraction of sp³-hybridized carbons (Fsp3) is 0.636. The Balaban J connectivity index is 1.46. The van der Waals surface area contributed by atoms with Crippen LogP contribution in [0.25, 0.3) is 0 Å². The third-order valence-corrected chi connectivity index (χ3v) is 6.34. The van der Waals surface area contributed by atoms with Crippen molar-refractivity contribution >= 4 is 29.1 Å². The van der Waals surface area contributed by atoms with E-state index in [0.717, 1.165) is 63.4 Å². The highest BCUT2D eigenvalue weighted by atomic mass is 35.5. The fourth-order valence-corrected chi connectivity index (χ4v) is 4.22. The second-order valence-electron chi connectivity index (χ2n) is 8.23. The Morgan fingerprint density at radius 2 is 1.69 bits per heavy atom. The topological polar surface area (TPSA) is 55.9 Å². The molecular formula is C22H33ClN4O2. The highest BCUT2D eigenvalue weighted by Crippen LogP contribution is 2.21. The van der Waals surface area contributed by atoms with Crippen molar-refractivity contribution in [3.8, 4) is 0 Å².